The SMILES string of the molecule is CCN(CCC(=O)O)c1ccc(S(=O)(=O)C(F)F)cc1. The molecule has 20 heavy (non-hydrogen) atoms. The van der Waals surface area contributed by atoms with Gasteiger partial charge in [-0.3, -0.25) is 4.79 Å². The molecule has 5 nitrogen and oxygen atoms in total. The molecule has 0 saturated carbocycles. The maximum atomic E-state index is 12.4. The van der Waals surface area contributed by atoms with Crippen molar-refractivity contribution >= 4 is 21.5 Å². The van der Waals surface area contributed by atoms with Crippen molar-refractivity contribution in [2.75, 3.05) is 18.0 Å². The van der Waals surface area contributed by atoms with Gasteiger partial charge in [-0.15, -0.1) is 0 Å². The van der Waals surface area contributed by atoms with Crippen LogP contribution in [0.3, 0.4) is 0 Å². The van der Waals surface area contributed by atoms with E-state index in [-0.39, 0.29) is 13.0 Å². The van der Waals surface area contributed by atoms with Crippen LogP contribution in [0.25, 0.3) is 0 Å². The lowest BCUT2D eigenvalue weighted by molar-refractivity contribution is -0.136. The highest BCUT2D eigenvalue weighted by molar-refractivity contribution is 7.91. The Balaban J connectivity index is 2.92. The third-order valence-electron chi connectivity index (χ3n) is 2.74. The fraction of sp³-hybridized carbons (Fsp3) is 0.417. The molecule has 0 aliphatic rings. The summed E-state index contributed by atoms with van der Waals surface area (Å²) in [5, 5.41) is 8.63. The van der Waals surface area contributed by atoms with Crippen molar-refractivity contribution < 1.29 is 27.1 Å². The number of rotatable bonds is 7. The molecule has 1 aromatic rings. The van der Waals surface area contributed by atoms with Crippen LogP contribution in [0, 0.1) is 0 Å². The summed E-state index contributed by atoms with van der Waals surface area (Å²) >= 11 is 0. The molecule has 1 aromatic carbocycles. The van der Waals surface area contributed by atoms with Crippen LogP contribution in [0.15, 0.2) is 29.2 Å². The van der Waals surface area contributed by atoms with E-state index in [0.29, 0.717) is 12.2 Å². The van der Waals surface area contributed by atoms with Crippen LogP contribution in [0.2, 0.25) is 0 Å². The lowest BCUT2D eigenvalue weighted by Crippen LogP contribution is -2.25. The van der Waals surface area contributed by atoms with Crippen LogP contribution in [0.5, 0.6) is 0 Å². The topological polar surface area (TPSA) is 74.7 Å². The van der Waals surface area contributed by atoms with Crippen molar-refractivity contribution in [3.8, 4) is 0 Å². The zero-order chi connectivity index (χ0) is 15.3. The molecule has 0 aliphatic carbocycles. The van der Waals surface area contributed by atoms with Gasteiger partial charge in [-0.25, -0.2) is 8.42 Å². The molecule has 0 fully saturated rings. The van der Waals surface area contributed by atoms with E-state index < -0.39 is 26.5 Å². The molecule has 8 heteroatoms. The first-order chi connectivity index (χ1) is 9.28. The summed E-state index contributed by atoms with van der Waals surface area (Å²) in [6, 6.07) is 4.97. The van der Waals surface area contributed by atoms with Crippen LogP contribution in [0.1, 0.15) is 13.3 Å². The van der Waals surface area contributed by atoms with Gasteiger partial charge in [0.2, 0.25) is 9.84 Å². The number of carboxylic acids is 1. The lowest BCUT2D eigenvalue weighted by Gasteiger charge is -2.22. The normalized spacial score (nSPS) is 11.6. The molecule has 0 heterocycles. The van der Waals surface area contributed by atoms with Gasteiger partial charge in [0.25, 0.3) is 0 Å². The van der Waals surface area contributed by atoms with E-state index in [1.165, 1.54) is 12.1 Å². The van der Waals surface area contributed by atoms with Gasteiger partial charge in [0, 0.05) is 18.8 Å². The van der Waals surface area contributed by atoms with Crippen LogP contribution in [-0.4, -0.2) is 38.3 Å². The second kappa shape index (κ2) is 6.65. The number of hydrogen-bond donors (Lipinski definition) is 1. The molecule has 0 radical (unpaired) electrons. The van der Waals surface area contributed by atoms with Crippen LogP contribution in [0.4, 0.5) is 14.5 Å². The Morgan fingerprint density at radius 2 is 1.85 bits per heavy atom. The quantitative estimate of drug-likeness (QED) is 0.834. The smallest absolute Gasteiger partial charge is 0.341 e. The maximum absolute atomic E-state index is 12.4. The molecule has 0 bridgehead atoms. The molecule has 0 aliphatic heterocycles. The molecule has 1 N–H and O–H groups in total. The number of anilines is 1. The molecule has 0 saturated heterocycles. The van der Waals surface area contributed by atoms with E-state index >= 15 is 0 Å². The number of hydrogen-bond acceptors (Lipinski definition) is 4. The Morgan fingerprint density at radius 1 is 1.30 bits per heavy atom. The minimum atomic E-state index is -4.60. The fourth-order valence-corrected chi connectivity index (χ4v) is 2.37. The van der Waals surface area contributed by atoms with Gasteiger partial charge in [0.05, 0.1) is 11.3 Å². The van der Waals surface area contributed by atoms with Gasteiger partial charge in [-0.05, 0) is 31.2 Å². The Morgan fingerprint density at radius 3 is 2.25 bits per heavy atom. The number of aliphatic carboxylic acids is 1. The summed E-state index contributed by atoms with van der Waals surface area (Å²) in [5.41, 5.74) is 0.585. The summed E-state index contributed by atoms with van der Waals surface area (Å²) in [6.07, 6.45) is -0.0646. The number of carbonyl (C=O) groups is 1. The average molecular weight is 307 g/mol. The highest BCUT2D eigenvalue weighted by Crippen LogP contribution is 2.22. The summed E-state index contributed by atoms with van der Waals surface area (Å²) in [6.45, 7) is 2.59. The maximum Gasteiger partial charge on any atom is 0.341 e. The van der Waals surface area contributed by atoms with Crippen molar-refractivity contribution in [2.24, 2.45) is 0 Å². The molecular weight excluding hydrogens is 292 g/mol. The van der Waals surface area contributed by atoms with Crippen LogP contribution < -0.4 is 4.90 Å². The number of benzene rings is 1. The Kier molecular flexibility index (Phi) is 5.43. The summed E-state index contributed by atoms with van der Waals surface area (Å²) < 4.78 is 47.3. The molecule has 0 unspecified atom stereocenters. The Bertz CT molecular complexity index is 557. The Hall–Kier alpha value is -1.70. The zero-order valence-corrected chi connectivity index (χ0v) is 11.6. The van der Waals surface area contributed by atoms with E-state index in [1.807, 2.05) is 6.92 Å². The summed E-state index contributed by atoms with van der Waals surface area (Å²) in [4.78, 5) is 11.8. The number of halogens is 2. The van der Waals surface area contributed by atoms with Crippen molar-refractivity contribution in [1.29, 1.82) is 0 Å². The first-order valence-corrected chi connectivity index (χ1v) is 7.42. The van der Waals surface area contributed by atoms with Gasteiger partial charge >= 0.3 is 11.7 Å². The summed E-state index contributed by atoms with van der Waals surface area (Å²) in [7, 11) is -4.60. The third kappa shape index (κ3) is 3.89. The molecule has 0 atom stereocenters. The van der Waals surface area contributed by atoms with E-state index in [2.05, 4.69) is 0 Å². The number of carboxylic acid groups (broad SMARTS) is 1. The molecular formula is C12H15F2NO4S. The Labute approximate surface area is 115 Å². The van der Waals surface area contributed by atoms with E-state index in [9.17, 15) is 22.0 Å². The number of sulfone groups is 1. The first-order valence-electron chi connectivity index (χ1n) is 5.88. The summed E-state index contributed by atoms with van der Waals surface area (Å²) in [5.74, 6) is -4.40. The van der Waals surface area contributed by atoms with Gasteiger partial charge in [0.1, 0.15) is 0 Å². The predicted molar refractivity (Wildman–Crippen MR) is 69.8 cm³/mol. The van der Waals surface area contributed by atoms with Crippen molar-refractivity contribution in [3.05, 3.63) is 24.3 Å². The molecule has 0 spiro atoms. The monoisotopic (exact) mass is 307 g/mol. The third-order valence-corrected chi connectivity index (χ3v) is 4.14. The largest absolute Gasteiger partial charge is 0.481 e. The van der Waals surface area contributed by atoms with Crippen molar-refractivity contribution in [1.82, 2.24) is 0 Å². The molecule has 1 rings (SSSR count). The van der Waals surface area contributed by atoms with Crippen molar-refractivity contribution in [2.45, 2.75) is 24.0 Å². The van der Waals surface area contributed by atoms with E-state index in [4.69, 9.17) is 5.11 Å². The minimum Gasteiger partial charge on any atom is -0.481 e. The van der Waals surface area contributed by atoms with Gasteiger partial charge in [-0.1, -0.05) is 0 Å². The molecule has 0 amide bonds. The molecule has 112 valence electrons. The van der Waals surface area contributed by atoms with Gasteiger partial charge in [0.15, 0.2) is 0 Å². The van der Waals surface area contributed by atoms with Crippen LogP contribution >= 0.6 is 0 Å². The first kappa shape index (κ1) is 16.4. The van der Waals surface area contributed by atoms with E-state index in [0.717, 1.165) is 12.1 Å². The van der Waals surface area contributed by atoms with Gasteiger partial charge < -0.3 is 10.0 Å². The second-order valence-electron chi connectivity index (χ2n) is 4.02. The number of nitrogens with zero attached hydrogens (tertiary/aromatic N) is 1. The fourth-order valence-electron chi connectivity index (χ4n) is 1.65. The zero-order valence-electron chi connectivity index (χ0n) is 10.8. The second-order valence-corrected chi connectivity index (χ2v) is 5.94. The highest BCUT2D eigenvalue weighted by atomic mass is 32.2. The number of alkyl halides is 2. The average Bonchev–Trinajstić information content (AvgIpc) is 2.39. The van der Waals surface area contributed by atoms with Crippen LogP contribution in [-0.2, 0) is 14.6 Å². The van der Waals surface area contributed by atoms with Crippen molar-refractivity contribution in [3.63, 3.8) is 0 Å². The highest BCUT2D eigenvalue weighted by Gasteiger charge is 2.26. The standard InChI is InChI=1S/C12H15F2NO4S/c1-2-15(8-7-11(16)17)9-3-5-10(6-4-9)20(18,19)12(13)14/h3-6,12H,2,7-8H2,1H3,(H,16,17). The lowest BCUT2D eigenvalue weighted by atomic mass is 10.2. The molecule has 0 aromatic heterocycles. The van der Waals surface area contributed by atoms with E-state index in [1.54, 1.807) is 4.90 Å². The van der Waals surface area contributed by atoms with Gasteiger partial charge in [-0.2, -0.15) is 8.78 Å². The predicted octanol–water partition coefficient (Wildman–Crippen LogP) is 1.98. The minimum absolute atomic E-state index is 0.0646.